The Morgan fingerprint density at radius 1 is 1.00 bits per heavy atom. The number of rotatable bonds is 4. The smallest absolute Gasteiger partial charge is 0.325 e. The van der Waals surface area contributed by atoms with Gasteiger partial charge in [-0.1, -0.05) is 43.2 Å². The Hall–Kier alpha value is -1.39. The molecule has 1 aromatic carbocycles. The van der Waals surface area contributed by atoms with Gasteiger partial charge >= 0.3 is 5.97 Å². The van der Waals surface area contributed by atoms with E-state index in [1.54, 1.807) is 0 Å². The Morgan fingerprint density at radius 2 is 1.73 bits per heavy atom. The maximum Gasteiger partial charge on any atom is 0.325 e. The molecule has 0 aromatic heterocycles. The molecule has 1 N–H and O–H groups in total. The first-order chi connectivity index (χ1) is 10.8. The maximum atomic E-state index is 11.8. The van der Waals surface area contributed by atoms with Gasteiger partial charge in [0, 0.05) is 25.7 Å². The molecule has 3 rings (SSSR count). The standard InChI is InChI=1S/C18H26N2O2/c21-18(22)17(15-7-2-1-3-8-15)20-12-6-11-19(13-14-20)16-9-4-5-10-16/h1-3,7-8,16-17H,4-6,9-14H2,(H,21,22). The van der Waals surface area contributed by atoms with E-state index < -0.39 is 12.0 Å². The molecule has 2 fully saturated rings. The minimum Gasteiger partial charge on any atom is -0.480 e. The molecule has 1 aromatic rings. The summed E-state index contributed by atoms with van der Waals surface area (Å²) in [4.78, 5) is 16.5. The summed E-state index contributed by atoms with van der Waals surface area (Å²) in [5.74, 6) is -0.736. The number of carbonyl (C=O) groups is 1. The summed E-state index contributed by atoms with van der Waals surface area (Å²) in [6, 6.07) is 9.87. The third-order valence-electron chi connectivity index (χ3n) is 5.12. The molecule has 0 amide bonds. The molecule has 1 saturated heterocycles. The van der Waals surface area contributed by atoms with Crippen molar-refractivity contribution in [1.82, 2.24) is 9.80 Å². The van der Waals surface area contributed by atoms with Crippen LogP contribution >= 0.6 is 0 Å². The van der Waals surface area contributed by atoms with Crippen molar-refractivity contribution in [1.29, 1.82) is 0 Å². The van der Waals surface area contributed by atoms with Crippen LogP contribution < -0.4 is 0 Å². The second-order valence-corrected chi connectivity index (χ2v) is 6.52. The van der Waals surface area contributed by atoms with Crippen LogP contribution in [0.4, 0.5) is 0 Å². The number of carboxylic acid groups (broad SMARTS) is 1. The van der Waals surface area contributed by atoms with Crippen molar-refractivity contribution < 1.29 is 9.90 Å². The van der Waals surface area contributed by atoms with Crippen LogP contribution in [-0.4, -0.2) is 53.1 Å². The summed E-state index contributed by atoms with van der Waals surface area (Å²) in [6.45, 7) is 3.83. The van der Waals surface area contributed by atoms with E-state index in [2.05, 4.69) is 9.80 Å². The number of nitrogens with zero attached hydrogens (tertiary/aromatic N) is 2. The third-order valence-corrected chi connectivity index (χ3v) is 5.12. The predicted octanol–water partition coefficient (Wildman–Crippen LogP) is 2.76. The third kappa shape index (κ3) is 3.50. The van der Waals surface area contributed by atoms with Crippen LogP contribution in [0.2, 0.25) is 0 Å². The molecule has 0 bridgehead atoms. The zero-order valence-electron chi connectivity index (χ0n) is 13.2. The second kappa shape index (κ2) is 7.25. The van der Waals surface area contributed by atoms with Gasteiger partial charge in [-0.05, 0) is 31.4 Å². The second-order valence-electron chi connectivity index (χ2n) is 6.52. The summed E-state index contributed by atoms with van der Waals surface area (Å²) >= 11 is 0. The average molecular weight is 302 g/mol. The van der Waals surface area contributed by atoms with E-state index in [1.807, 2.05) is 30.3 Å². The van der Waals surface area contributed by atoms with Crippen LogP contribution in [0.5, 0.6) is 0 Å². The molecule has 2 aliphatic rings. The van der Waals surface area contributed by atoms with Gasteiger partial charge in [0.25, 0.3) is 0 Å². The van der Waals surface area contributed by atoms with Crippen molar-refractivity contribution in [3.8, 4) is 0 Å². The molecule has 1 saturated carbocycles. The number of hydrogen-bond acceptors (Lipinski definition) is 3. The summed E-state index contributed by atoms with van der Waals surface area (Å²) < 4.78 is 0. The highest BCUT2D eigenvalue weighted by Gasteiger charge is 2.31. The lowest BCUT2D eigenvalue weighted by atomic mass is 10.1. The summed E-state index contributed by atoms with van der Waals surface area (Å²) in [7, 11) is 0. The van der Waals surface area contributed by atoms with Gasteiger partial charge in [0.2, 0.25) is 0 Å². The van der Waals surface area contributed by atoms with Gasteiger partial charge in [0.15, 0.2) is 0 Å². The molecule has 4 heteroatoms. The fourth-order valence-electron chi connectivity index (χ4n) is 4.00. The van der Waals surface area contributed by atoms with E-state index in [-0.39, 0.29) is 0 Å². The van der Waals surface area contributed by atoms with Gasteiger partial charge in [0.1, 0.15) is 6.04 Å². The monoisotopic (exact) mass is 302 g/mol. The molecular weight excluding hydrogens is 276 g/mol. The van der Waals surface area contributed by atoms with Crippen molar-refractivity contribution in [2.24, 2.45) is 0 Å². The number of hydrogen-bond donors (Lipinski definition) is 1. The van der Waals surface area contributed by atoms with Gasteiger partial charge in [0.05, 0.1) is 0 Å². The van der Waals surface area contributed by atoms with Gasteiger partial charge in [-0.3, -0.25) is 14.6 Å². The number of carboxylic acids is 1. The summed E-state index contributed by atoms with van der Waals surface area (Å²) in [5, 5.41) is 9.69. The van der Waals surface area contributed by atoms with E-state index in [1.165, 1.54) is 25.7 Å². The molecule has 1 atom stereocenters. The molecule has 1 aliphatic heterocycles. The van der Waals surface area contributed by atoms with E-state index in [9.17, 15) is 9.90 Å². The van der Waals surface area contributed by atoms with Crippen LogP contribution in [0.25, 0.3) is 0 Å². The first kappa shape index (κ1) is 15.5. The van der Waals surface area contributed by atoms with E-state index in [4.69, 9.17) is 0 Å². The Bertz CT molecular complexity index is 485. The fourth-order valence-corrected chi connectivity index (χ4v) is 4.00. The Labute approximate surface area is 132 Å². The zero-order chi connectivity index (χ0) is 15.4. The van der Waals surface area contributed by atoms with Crippen LogP contribution in [0.3, 0.4) is 0 Å². The SMILES string of the molecule is O=C(O)C(c1ccccc1)N1CCCN(C2CCCC2)CC1. The number of aliphatic carboxylic acids is 1. The Morgan fingerprint density at radius 3 is 2.41 bits per heavy atom. The minimum absolute atomic E-state index is 0.510. The topological polar surface area (TPSA) is 43.8 Å². The number of benzene rings is 1. The first-order valence-corrected chi connectivity index (χ1v) is 8.51. The summed E-state index contributed by atoms with van der Waals surface area (Å²) in [6.07, 6.45) is 6.41. The lowest BCUT2D eigenvalue weighted by Gasteiger charge is -2.29. The minimum atomic E-state index is -0.736. The van der Waals surface area contributed by atoms with Crippen molar-refractivity contribution in [3.05, 3.63) is 35.9 Å². The van der Waals surface area contributed by atoms with Crippen LogP contribution in [0, 0.1) is 0 Å². The van der Waals surface area contributed by atoms with Crippen molar-refractivity contribution in [2.75, 3.05) is 26.2 Å². The Balaban J connectivity index is 1.69. The molecule has 0 radical (unpaired) electrons. The Kier molecular flexibility index (Phi) is 5.11. The molecule has 1 aliphatic carbocycles. The molecular formula is C18H26N2O2. The van der Waals surface area contributed by atoms with Crippen molar-refractivity contribution in [3.63, 3.8) is 0 Å². The molecule has 22 heavy (non-hydrogen) atoms. The summed E-state index contributed by atoms with van der Waals surface area (Å²) in [5.41, 5.74) is 0.893. The van der Waals surface area contributed by atoms with Crippen LogP contribution in [-0.2, 0) is 4.79 Å². The van der Waals surface area contributed by atoms with E-state index in [0.717, 1.165) is 44.2 Å². The zero-order valence-corrected chi connectivity index (χ0v) is 13.2. The van der Waals surface area contributed by atoms with E-state index in [0.29, 0.717) is 0 Å². The van der Waals surface area contributed by atoms with Crippen molar-refractivity contribution in [2.45, 2.75) is 44.2 Å². The lowest BCUT2D eigenvalue weighted by molar-refractivity contribution is -0.143. The normalized spacial score (nSPS) is 23.3. The van der Waals surface area contributed by atoms with Gasteiger partial charge in [-0.25, -0.2) is 0 Å². The molecule has 1 unspecified atom stereocenters. The first-order valence-electron chi connectivity index (χ1n) is 8.51. The van der Waals surface area contributed by atoms with Gasteiger partial charge in [-0.2, -0.15) is 0 Å². The van der Waals surface area contributed by atoms with Crippen LogP contribution in [0.1, 0.15) is 43.7 Å². The fraction of sp³-hybridized carbons (Fsp3) is 0.611. The molecule has 1 heterocycles. The molecule has 120 valence electrons. The predicted molar refractivity (Wildman–Crippen MR) is 86.8 cm³/mol. The highest BCUT2D eigenvalue weighted by atomic mass is 16.4. The highest BCUT2D eigenvalue weighted by molar-refractivity contribution is 5.75. The largest absolute Gasteiger partial charge is 0.480 e. The maximum absolute atomic E-state index is 11.8. The highest BCUT2D eigenvalue weighted by Crippen LogP contribution is 2.27. The molecule has 4 nitrogen and oxygen atoms in total. The van der Waals surface area contributed by atoms with Crippen LogP contribution in [0.15, 0.2) is 30.3 Å². The molecule has 0 spiro atoms. The quantitative estimate of drug-likeness (QED) is 0.929. The van der Waals surface area contributed by atoms with Gasteiger partial charge in [-0.15, -0.1) is 0 Å². The average Bonchev–Trinajstić information content (AvgIpc) is 2.95. The van der Waals surface area contributed by atoms with E-state index >= 15 is 0 Å². The van der Waals surface area contributed by atoms with Crippen molar-refractivity contribution >= 4 is 5.97 Å². The van der Waals surface area contributed by atoms with Gasteiger partial charge < -0.3 is 5.11 Å². The lowest BCUT2D eigenvalue weighted by Crippen LogP contribution is -2.39.